The monoisotopic (exact) mass is 864 g/mol. The van der Waals surface area contributed by atoms with Crippen LogP contribution in [0.5, 0.6) is 0 Å². The van der Waals surface area contributed by atoms with Crippen LogP contribution in [0.15, 0.2) is 176 Å². The maximum atomic E-state index is 16.8. The lowest BCUT2D eigenvalue weighted by atomic mass is 9.79. The van der Waals surface area contributed by atoms with Gasteiger partial charge in [-0.1, -0.05) is 142 Å². The van der Waals surface area contributed by atoms with Gasteiger partial charge < -0.3 is 9.13 Å². The van der Waals surface area contributed by atoms with Gasteiger partial charge in [0.1, 0.15) is 11.6 Å². The van der Waals surface area contributed by atoms with E-state index in [0.717, 1.165) is 60.5 Å². The molecular formula is C58H38F2N2S2. The lowest BCUT2D eigenvalue weighted by Crippen LogP contribution is -2.21. The van der Waals surface area contributed by atoms with Gasteiger partial charge in [-0.05, 0) is 60.0 Å². The van der Waals surface area contributed by atoms with Crippen molar-refractivity contribution >= 4 is 107 Å². The van der Waals surface area contributed by atoms with Gasteiger partial charge >= 0.3 is 0 Å². The molecule has 2 nitrogen and oxygen atoms in total. The van der Waals surface area contributed by atoms with Crippen LogP contribution in [-0.4, -0.2) is 9.13 Å². The van der Waals surface area contributed by atoms with Crippen molar-refractivity contribution in [1.29, 1.82) is 0 Å². The third kappa shape index (κ3) is 5.21. The van der Waals surface area contributed by atoms with Gasteiger partial charge in [-0.25, -0.2) is 8.78 Å². The summed E-state index contributed by atoms with van der Waals surface area (Å²) in [6.07, 6.45) is 0. The first-order chi connectivity index (χ1) is 31.3. The smallest absolute Gasteiger partial charge is 0.131 e. The van der Waals surface area contributed by atoms with Crippen LogP contribution in [0.4, 0.5) is 8.78 Å². The fourth-order valence-corrected chi connectivity index (χ4v) is 13.1. The van der Waals surface area contributed by atoms with Crippen molar-refractivity contribution in [2.24, 2.45) is 0 Å². The molecule has 9 aromatic carbocycles. The van der Waals surface area contributed by atoms with Gasteiger partial charge in [0, 0.05) is 89.7 Å². The molecule has 0 atom stereocenters. The van der Waals surface area contributed by atoms with Crippen molar-refractivity contribution in [3.05, 3.63) is 193 Å². The molecule has 0 saturated heterocycles. The Balaban J connectivity index is 1.29. The SMILES string of the molecule is CC(C)(C)c1c(-n2c3ccccc3c3c4sc5ccccc5c4ccc32)c(-c2ccccc2F)cc(-c2ccccc2F)c1-n1c2ccccc2c2c3sc4ccccc4c3ccc21. The average Bonchev–Trinajstić information content (AvgIpc) is 4.06. The number of halogens is 2. The molecule has 13 aromatic rings. The van der Waals surface area contributed by atoms with Crippen LogP contribution in [-0.2, 0) is 5.41 Å². The van der Waals surface area contributed by atoms with E-state index in [1.165, 1.54) is 52.5 Å². The van der Waals surface area contributed by atoms with E-state index in [-0.39, 0.29) is 11.6 Å². The number of nitrogens with zero attached hydrogens (tertiary/aromatic N) is 2. The number of aromatic nitrogens is 2. The standard InChI is InChI=1S/C58H38F2N2S2/c1-58(2,3)53-54(61-45-24-12-6-20-39(45)51-47(61)30-28-37-35-18-8-14-26-49(35)63-56(37)51)41(33-16-4-10-22-43(33)59)32-42(34-17-5-11-23-44(34)60)55(53)62-46-25-13-7-21-40(46)52-48(62)31-29-38-36-19-9-15-27-50(36)64-57(38)52/h4-32H,1-3H3. The molecule has 0 aliphatic heterocycles. The highest BCUT2D eigenvalue weighted by molar-refractivity contribution is 7.27. The van der Waals surface area contributed by atoms with E-state index in [9.17, 15) is 0 Å². The van der Waals surface area contributed by atoms with Crippen molar-refractivity contribution in [3.63, 3.8) is 0 Å². The van der Waals surface area contributed by atoms with Crippen LogP contribution in [0, 0.1) is 11.6 Å². The van der Waals surface area contributed by atoms with Gasteiger partial charge in [-0.2, -0.15) is 0 Å². The van der Waals surface area contributed by atoms with Crippen LogP contribution in [0.3, 0.4) is 0 Å². The fraction of sp³-hybridized carbons (Fsp3) is 0.0690. The number of para-hydroxylation sites is 2. The molecule has 0 unspecified atom stereocenters. The van der Waals surface area contributed by atoms with Crippen LogP contribution in [0.1, 0.15) is 26.3 Å². The molecule has 306 valence electrons. The first-order valence-corrected chi connectivity index (χ1v) is 23.3. The summed E-state index contributed by atoms with van der Waals surface area (Å²) < 4.78 is 43.3. The van der Waals surface area contributed by atoms with E-state index in [4.69, 9.17) is 0 Å². The molecule has 0 saturated carbocycles. The van der Waals surface area contributed by atoms with E-state index in [0.29, 0.717) is 22.3 Å². The second-order valence-corrected chi connectivity index (χ2v) is 19.9. The largest absolute Gasteiger partial charge is 0.308 e. The zero-order valence-electron chi connectivity index (χ0n) is 35.2. The average molecular weight is 865 g/mol. The summed E-state index contributed by atoms with van der Waals surface area (Å²) in [7, 11) is 0. The van der Waals surface area contributed by atoms with Crippen molar-refractivity contribution in [2.45, 2.75) is 26.2 Å². The molecule has 0 N–H and O–H groups in total. The minimum absolute atomic E-state index is 0.340. The molecule has 0 radical (unpaired) electrons. The van der Waals surface area contributed by atoms with Gasteiger partial charge in [0.15, 0.2) is 0 Å². The highest BCUT2D eigenvalue weighted by Crippen LogP contribution is 2.52. The second kappa shape index (κ2) is 13.7. The number of rotatable bonds is 4. The number of fused-ring (bicyclic) bond motifs is 14. The first kappa shape index (κ1) is 37.4. The normalized spacial score (nSPS) is 12.5. The van der Waals surface area contributed by atoms with Crippen LogP contribution >= 0.6 is 22.7 Å². The Kier molecular flexibility index (Phi) is 8.01. The summed E-state index contributed by atoms with van der Waals surface area (Å²) >= 11 is 3.63. The van der Waals surface area contributed by atoms with E-state index in [1.54, 1.807) is 12.1 Å². The van der Waals surface area contributed by atoms with Crippen molar-refractivity contribution in [3.8, 4) is 33.6 Å². The van der Waals surface area contributed by atoms with Crippen molar-refractivity contribution < 1.29 is 8.78 Å². The second-order valence-electron chi connectivity index (χ2n) is 17.8. The molecule has 4 heterocycles. The minimum Gasteiger partial charge on any atom is -0.308 e. The van der Waals surface area contributed by atoms with Crippen LogP contribution < -0.4 is 0 Å². The highest BCUT2D eigenvalue weighted by Gasteiger charge is 2.34. The third-order valence-electron chi connectivity index (χ3n) is 13.2. The van der Waals surface area contributed by atoms with E-state index in [2.05, 4.69) is 157 Å². The Morgan fingerprint density at radius 3 is 1.20 bits per heavy atom. The Morgan fingerprint density at radius 1 is 0.375 bits per heavy atom. The first-order valence-electron chi connectivity index (χ1n) is 21.6. The van der Waals surface area contributed by atoms with Gasteiger partial charge in [0.05, 0.1) is 33.4 Å². The maximum absolute atomic E-state index is 16.8. The Labute approximate surface area is 375 Å². The fourth-order valence-electron chi connectivity index (χ4n) is 10.6. The highest BCUT2D eigenvalue weighted by atomic mass is 32.1. The quantitative estimate of drug-likeness (QED) is 0.167. The van der Waals surface area contributed by atoms with E-state index >= 15 is 8.78 Å². The molecule has 6 heteroatoms. The van der Waals surface area contributed by atoms with E-state index in [1.807, 2.05) is 46.9 Å². The number of hydrogen-bond acceptors (Lipinski definition) is 2. The van der Waals surface area contributed by atoms with Gasteiger partial charge in [-0.15, -0.1) is 22.7 Å². The lowest BCUT2D eigenvalue weighted by molar-refractivity contribution is 0.584. The number of benzene rings is 9. The summed E-state index contributed by atoms with van der Waals surface area (Å²) in [4.78, 5) is 0. The zero-order chi connectivity index (χ0) is 43.0. The van der Waals surface area contributed by atoms with Crippen molar-refractivity contribution in [1.82, 2.24) is 9.13 Å². The molecule has 0 aliphatic rings. The summed E-state index contributed by atoms with van der Waals surface area (Å²) in [5.41, 5.74) is 8.52. The zero-order valence-corrected chi connectivity index (χ0v) is 36.8. The van der Waals surface area contributed by atoms with Crippen LogP contribution in [0.25, 0.3) is 118 Å². The molecule has 0 spiro atoms. The van der Waals surface area contributed by atoms with Gasteiger partial charge in [0.2, 0.25) is 0 Å². The van der Waals surface area contributed by atoms with Crippen LogP contribution in [0.2, 0.25) is 0 Å². The summed E-state index contributed by atoms with van der Waals surface area (Å²) in [6.45, 7) is 6.71. The topological polar surface area (TPSA) is 9.86 Å². The van der Waals surface area contributed by atoms with E-state index < -0.39 is 5.41 Å². The van der Waals surface area contributed by atoms with Gasteiger partial charge in [0.25, 0.3) is 0 Å². The maximum Gasteiger partial charge on any atom is 0.131 e. The minimum atomic E-state index is -0.579. The molecule has 13 rings (SSSR count). The number of thiophene rings is 2. The van der Waals surface area contributed by atoms with Gasteiger partial charge in [-0.3, -0.25) is 0 Å². The molecule has 4 aromatic heterocycles. The summed E-state index contributed by atoms with van der Waals surface area (Å²) in [5, 5.41) is 9.48. The summed E-state index contributed by atoms with van der Waals surface area (Å²) in [6, 6.07) is 59.6. The van der Waals surface area contributed by atoms with Crippen molar-refractivity contribution in [2.75, 3.05) is 0 Å². The molecule has 0 bridgehead atoms. The summed E-state index contributed by atoms with van der Waals surface area (Å²) in [5.74, 6) is -0.681. The molecule has 64 heavy (non-hydrogen) atoms. The molecular weight excluding hydrogens is 827 g/mol. The Hall–Kier alpha value is -7.12. The molecule has 0 fully saturated rings. The Bertz CT molecular complexity index is 3840. The predicted molar refractivity (Wildman–Crippen MR) is 270 cm³/mol. The lowest BCUT2D eigenvalue weighted by Gasteiger charge is -2.32. The number of hydrogen-bond donors (Lipinski definition) is 0. The molecule has 0 amide bonds. The Morgan fingerprint density at radius 2 is 0.766 bits per heavy atom. The molecule has 0 aliphatic carbocycles. The predicted octanol–water partition coefficient (Wildman–Crippen LogP) is 17.5. The third-order valence-corrected chi connectivity index (χ3v) is 15.6.